The molecule has 2 nitrogen and oxygen atoms in total. The maximum absolute atomic E-state index is 4.62. The molecule has 0 atom stereocenters. The Kier molecular flexibility index (Phi) is 5.28. The Morgan fingerprint density at radius 3 is 2.63 bits per heavy atom. The van der Waals surface area contributed by atoms with Crippen molar-refractivity contribution in [3.8, 4) is 0 Å². The molecule has 0 N–H and O–H groups in total. The van der Waals surface area contributed by atoms with Gasteiger partial charge in [0.1, 0.15) is 0 Å². The molecule has 19 heavy (non-hydrogen) atoms. The Balaban J connectivity index is 2.00. The highest BCUT2D eigenvalue weighted by Gasteiger charge is 2.33. The minimum Gasteiger partial charge on any atom is -0.297 e. The molecule has 1 aliphatic rings. The van der Waals surface area contributed by atoms with Gasteiger partial charge in [-0.15, -0.1) is 0 Å². The van der Waals surface area contributed by atoms with Crippen LogP contribution in [0, 0.1) is 12.3 Å². The van der Waals surface area contributed by atoms with E-state index < -0.39 is 0 Å². The van der Waals surface area contributed by atoms with Gasteiger partial charge in [0, 0.05) is 18.8 Å². The van der Waals surface area contributed by atoms with E-state index in [4.69, 9.17) is 0 Å². The average Bonchev–Trinajstić information content (AvgIpc) is 2.87. The maximum Gasteiger partial charge on any atom is 0.0547 e. The first-order valence-corrected chi connectivity index (χ1v) is 8.06. The summed E-state index contributed by atoms with van der Waals surface area (Å²) in [6, 6.07) is 6.30. The van der Waals surface area contributed by atoms with E-state index in [1.54, 1.807) is 0 Å². The van der Waals surface area contributed by atoms with Gasteiger partial charge in [-0.3, -0.25) is 9.88 Å². The first kappa shape index (κ1) is 14.9. The third-order valence-corrected chi connectivity index (χ3v) is 5.01. The summed E-state index contributed by atoms with van der Waals surface area (Å²) >= 11 is 4.62. The second kappa shape index (κ2) is 6.76. The molecule has 0 unspecified atom stereocenters. The summed E-state index contributed by atoms with van der Waals surface area (Å²) in [5.41, 5.74) is 2.75. The standard InChI is InChI=1S/C16H26N2S/c1-3-18(11-15-8-6-7-14(2)17-15)12-16(13-19)9-4-5-10-16/h6-8,19H,3-5,9-13H2,1-2H3. The van der Waals surface area contributed by atoms with Crippen LogP contribution in [0.4, 0.5) is 0 Å². The van der Waals surface area contributed by atoms with Crippen molar-refractivity contribution in [1.29, 1.82) is 0 Å². The van der Waals surface area contributed by atoms with E-state index in [0.29, 0.717) is 5.41 Å². The molecule has 2 rings (SSSR count). The monoisotopic (exact) mass is 278 g/mol. The summed E-state index contributed by atoms with van der Waals surface area (Å²) in [5.74, 6) is 1.02. The molecule has 3 heteroatoms. The second-order valence-corrected chi connectivity index (χ2v) is 6.26. The molecule has 106 valence electrons. The van der Waals surface area contributed by atoms with Crippen LogP contribution in [0.15, 0.2) is 18.2 Å². The summed E-state index contributed by atoms with van der Waals surface area (Å²) in [5, 5.41) is 0. The Hall–Kier alpha value is -0.540. The van der Waals surface area contributed by atoms with Gasteiger partial charge in [-0.25, -0.2) is 0 Å². The fourth-order valence-electron chi connectivity index (χ4n) is 3.16. The SMILES string of the molecule is CCN(Cc1cccc(C)n1)CC1(CS)CCCC1. The number of hydrogen-bond donors (Lipinski definition) is 1. The van der Waals surface area contributed by atoms with Gasteiger partial charge >= 0.3 is 0 Å². The Bertz CT molecular complexity index is 399. The van der Waals surface area contributed by atoms with Gasteiger partial charge in [0.25, 0.3) is 0 Å². The number of aryl methyl sites for hydroxylation is 1. The van der Waals surface area contributed by atoms with Gasteiger partial charge in [0.15, 0.2) is 0 Å². The predicted octanol–water partition coefficient (Wildman–Crippen LogP) is 3.70. The molecule has 1 saturated carbocycles. The van der Waals surface area contributed by atoms with E-state index in [2.05, 4.69) is 54.6 Å². The van der Waals surface area contributed by atoms with Crippen molar-refractivity contribution >= 4 is 12.6 Å². The fourth-order valence-corrected chi connectivity index (χ4v) is 3.58. The van der Waals surface area contributed by atoms with E-state index in [1.807, 2.05) is 0 Å². The van der Waals surface area contributed by atoms with Gasteiger partial charge in [-0.1, -0.05) is 25.8 Å². The van der Waals surface area contributed by atoms with Crippen molar-refractivity contribution < 1.29 is 0 Å². The normalized spacial score (nSPS) is 18.1. The zero-order valence-electron chi connectivity index (χ0n) is 12.2. The molecule has 0 saturated heterocycles. The highest BCUT2D eigenvalue weighted by atomic mass is 32.1. The van der Waals surface area contributed by atoms with Gasteiger partial charge in [-0.05, 0) is 49.6 Å². The van der Waals surface area contributed by atoms with Gasteiger partial charge in [-0.2, -0.15) is 12.6 Å². The van der Waals surface area contributed by atoms with Gasteiger partial charge in [0.05, 0.1) is 5.69 Å². The van der Waals surface area contributed by atoms with Crippen molar-refractivity contribution in [3.63, 3.8) is 0 Å². The van der Waals surface area contributed by atoms with Crippen LogP contribution in [0.5, 0.6) is 0 Å². The zero-order chi connectivity index (χ0) is 13.7. The van der Waals surface area contributed by atoms with Crippen LogP contribution < -0.4 is 0 Å². The predicted molar refractivity (Wildman–Crippen MR) is 84.7 cm³/mol. The van der Waals surface area contributed by atoms with Crippen LogP contribution in [-0.4, -0.2) is 28.7 Å². The van der Waals surface area contributed by atoms with E-state index >= 15 is 0 Å². The fraction of sp³-hybridized carbons (Fsp3) is 0.688. The van der Waals surface area contributed by atoms with E-state index in [1.165, 1.54) is 37.9 Å². The highest BCUT2D eigenvalue weighted by molar-refractivity contribution is 7.80. The van der Waals surface area contributed by atoms with Crippen molar-refractivity contribution in [2.24, 2.45) is 5.41 Å². The van der Waals surface area contributed by atoms with Crippen molar-refractivity contribution in [2.45, 2.75) is 46.1 Å². The van der Waals surface area contributed by atoms with Crippen molar-refractivity contribution in [1.82, 2.24) is 9.88 Å². The lowest BCUT2D eigenvalue weighted by molar-refractivity contribution is 0.170. The number of hydrogen-bond acceptors (Lipinski definition) is 3. The highest BCUT2D eigenvalue weighted by Crippen LogP contribution is 2.39. The molecule has 0 aliphatic heterocycles. The molecule has 1 fully saturated rings. The lowest BCUT2D eigenvalue weighted by Crippen LogP contribution is -2.37. The van der Waals surface area contributed by atoms with Crippen LogP contribution in [0.1, 0.15) is 44.0 Å². The van der Waals surface area contributed by atoms with Crippen LogP contribution >= 0.6 is 12.6 Å². The van der Waals surface area contributed by atoms with E-state index in [-0.39, 0.29) is 0 Å². The quantitative estimate of drug-likeness (QED) is 0.799. The first-order chi connectivity index (χ1) is 9.17. The Morgan fingerprint density at radius 1 is 1.32 bits per heavy atom. The number of nitrogens with zero attached hydrogens (tertiary/aromatic N) is 2. The van der Waals surface area contributed by atoms with Crippen molar-refractivity contribution in [2.75, 3.05) is 18.8 Å². The smallest absolute Gasteiger partial charge is 0.0547 e. The molecular weight excluding hydrogens is 252 g/mol. The van der Waals surface area contributed by atoms with Gasteiger partial charge < -0.3 is 0 Å². The molecule has 0 amide bonds. The lowest BCUT2D eigenvalue weighted by atomic mass is 9.88. The molecule has 0 radical (unpaired) electrons. The molecule has 1 aromatic rings. The van der Waals surface area contributed by atoms with Crippen LogP contribution in [0.2, 0.25) is 0 Å². The average molecular weight is 278 g/mol. The topological polar surface area (TPSA) is 16.1 Å². The minimum absolute atomic E-state index is 0.447. The molecule has 1 aromatic heterocycles. The summed E-state index contributed by atoms with van der Waals surface area (Å²) in [7, 11) is 0. The lowest BCUT2D eigenvalue weighted by Gasteiger charge is -2.33. The number of pyridine rings is 1. The zero-order valence-corrected chi connectivity index (χ0v) is 13.1. The van der Waals surface area contributed by atoms with Crippen molar-refractivity contribution in [3.05, 3.63) is 29.6 Å². The molecular formula is C16H26N2S. The van der Waals surface area contributed by atoms with E-state index in [0.717, 1.165) is 24.5 Å². The first-order valence-electron chi connectivity index (χ1n) is 7.43. The summed E-state index contributed by atoms with van der Waals surface area (Å²) < 4.78 is 0. The minimum atomic E-state index is 0.447. The second-order valence-electron chi connectivity index (χ2n) is 5.94. The molecule has 1 aliphatic carbocycles. The third kappa shape index (κ3) is 3.96. The largest absolute Gasteiger partial charge is 0.297 e. The summed E-state index contributed by atoms with van der Waals surface area (Å²) in [4.78, 5) is 7.15. The Morgan fingerprint density at radius 2 is 2.05 bits per heavy atom. The number of aromatic nitrogens is 1. The Labute approximate surface area is 123 Å². The maximum atomic E-state index is 4.62. The molecule has 0 bridgehead atoms. The van der Waals surface area contributed by atoms with Crippen LogP contribution in [-0.2, 0) is 6.54 Å². The third-order valence-electron chi connectivity index (χ3n) is 4.34. The summed E-state index contributed by atoms with van der Waals surface area (Å²) in [6.45, 7) is 7.53. The van der Waals surface area contributed by atoms with Crippen LogP contribution in [0.3, 0.4) is 0 Å². The molecule has 0 spiro atoms. The number of rotatable bonds is 6. The van der Waals surface area contributed by atoms with Crippen LogP contribution in [0.25, 0.3) is 0 Å². The molecule has 0 aromatic carbocycles. The summed E-state index contributed by atoms with van der Waals surface area (Å²) in [6.07, 6.45) is 5.43. The molecule has 1 heterocycles. The number of thiol groups is 1. The van der Waals surface area contributed by atoms with E-state index in [9.17, 15) is 0 Å². The van der Waals surface area contributed by atoms with Gasteiger partial charge in [0.2, 0.25) is 0 Å².